The molecule has 0 unspecified atom stereocenters. The summed E-state index contributed by atoms with van der Waals surface area (Å²) in [4.78, 5) is 16.9. The van der Waals surface area contributed by atoms with Crippen molar-refractivity contribution in [2.75, 3.05) is 42.4 Å². The summed E-state index contributed by atoms with van der Waals surface area (Å²) in [5, 5.41) is 3.02. The molecule has 1 heterocycles. The summed E-state index contributed by atoms with van der Waals surface area (Å²) in [6.45, 7) is 5.19. The number of aryl methyl sites for hydroxylation is 1. The fourth-order valence-electron chi connectivity index (χ4n) is 3.01. The Hall–Kier alpha value is -2.21. The molecule has 0 aliphatic carbocycles. The molecule has 0 saturated carbocycles. The molecule has 1 aliphatic rings. The van der Waals surface area contributed by atoms with E-state index in [4.69, 9.17) is 4.74 Å². The van der Waals surface area contributed by atoms with Crippen molar-refractivity contribution in [2.45, 2.75) is 19.9 Å². The number of halogens is 1. The molecule has 0 aromatic heterocycles. The van der Waals surface area contributed by atoms with Gasteiger partial charge >= 0.3 is 0 Å². The fraction of sp³-hybridized carbons (Fsp3) is 0.350. The van der Waals surface area contributed by atoms with Crippen LogP contribution in [0.1, 0.15) is 12.5 Å². The second-order valence-corrected chi connectivity index (χ2v) is 7.59. The van der Waals surface area contributed by atoms with Crippen LogP contribution in [-0.4, -0.2) is 39.2 Å². The van der Waals surface area contributed by atoms with Crippen LogP contribution in [-0.2, 0) is 4.79 Å². The maximum atomic E-state index is 12.8. The molecule has 0 radical (unpaired) electrons. The highest BCUT2D eigenvalue weighted by atomic mass is 79.9. The number of rotatable bonds is 4. The minimum absolute atomic E-state index is 0.0425. The molecule has 138 valence electrons. The number of hydrogen-bond donors (Lipinski definition) is 1. The molecule has 1 atom stereocenters. The largest absolute Gasteiger partial charge is 0.489 e. The van der Waals surface area contributed by atoms with E-state index < -0.39 is 0 Å². The molecule has 1 N–H and O–H groups in total. The molecule has 2 aromatic carbocycles. The molecular weight excluding hydrogens is 394 g/mol. The van der Waals surface area contributed by atoms with Crippen LogP contribution in [0, 0.1) is 6.92 Å². The topological polar surface area (TPSA) is 44.8 Å². The van der Waals surface area contributed by atoms with Crippen molar-refractivity contribution < 1.29 is 9.53 Å². The van der Waals surface area contributed by atoms with E-state index >= 15 is 0 Å². The fourth-order valence-corrected chi connectivity index (χ4v) is 3.60. The lowest BCUT2D eigenvalue weighted by Crippen LogP contribution is -2.46. The molecule has 26 heavy (non-hydrogen) atoms. The zero-order chi connectivity index (χ0) is 18.8. The summed E-state index contributed by atoms with van der Waals surface area (Å²) in [6, 6.07) is 11.7. The Morgan fingerprint density at radius 2 is 2.04 bits per heavy atom. The maximum Gasteiger partial charge on any atom is 0.246 e. The van der Waals surface area contributed by atoms with Gasteiger partial charge in [-0.25, -0.2) is 0 Å². The van der Waals surface area contributed by atoms with Gasteiger partial charge in [-0.1, -0.05) is 6.07 Å². The molecule has 0 saturated heterocycles. The van der Waals surface area contributed by atoms with Gasteiger partial charge in [0.15, 0.2) is 0 Å². The first-order chi connectivity index (χ1) is 12.4. The second kappa shape index (κ2) is 7.58. The third-order valence-corrected chi connectivity index (χ3v) is 5.24. The third-order valence-electron chi connectivity index (χ3n) is 4.59. The Morgan fingerprint density at radius 1 is 1.27 bits per heavy atom. The Morgan fingerprint density at radius 3 is 2.73 bits per heavy atom. The summed E-state index contributed by atoms with van der Waals surface area (Å²) in [6.07, 6.45) is 0. The van der Waals surface area contributed by atoms with Crippen molar-refractivity contribution in [3.05, 3.63) is 46.4 Å². The van der Waals surface area contributed by atoms with Crippen LogP contribution < -0.4 is 19.9 Å². The molecule has 1 amide bonds. The van der Waals surface area contributed by atoms with E-state index in [0.29, 0.717) is 13.2 Å². The highest BCUT2D eigenvalue weighted by Gasteiger charge is 2.27. The molecule has 0 bridgehead atoms. The first-order valence-corrected chi connectivity index (χ1v) is 9.44. The van der Waals surface area contributed by atoms with Gasteiger partial charge in [-0.15, -0.1) is 0 Å². The average Bonchev–Trinajstić information content (AvgIpc) is 2.62. The van der Waals surface area contributed by atoms with Crippen LogP contribution >= 0.6 is 15.9 Å². The summed E-state index contributed by atoms with van der Waals surface area (Å²) in [7, 11) is 4.00. The second-order valence-electron chi connectivity index (χ2n) is 6.74. The summed E-state index contributed by atoms with van der Waals surface area (Å²) < 4.78 is 6.70. The van der Waals surface area contributed by atoms with E-state index in [9.17, 15) is 4.79 Å². The van der Waals surface area contributed by atoms with Crippen molar-refractivity contribution >= 4 is 38.9 Å². The quantitative estimate of drug-likeness (QED) is 0.814. The van der Waals surface area contributed by atoms with Gasteiger partial charge in [-0.05, 0) is 59.6 Å². The first-order valence-electron chi connectivity index (χ1n) is 8.64. The predicted octanol–water partition coefficient (Wildman–Crippen LogP) is 4.05. The lowest BCUT2D eigenvalue weighted by atomic mass is 10.1. The number of carbonyl (C=O) groups excluding carboxylic acids is 1. The van der Waals surface area contributed by atoms with E-state index in [2.05, 4.69) is 26.1 Å². The average molecular weight is 418 g/mol. The zero-order valence-electron chi connectivity index (χ0n) is 15.5. The molecule has 3 rings (SSSR count). The molecule has 6 heteroatoms. The Balaban J connectivity index is 1.80. The van der Waals surface area contributed by atoms with E-state index in [-0.39, 0.29) is 11.9 Å². The SMILES string of the molecule is Cc1ccc(NC(=O)[C@H](C)N2CCOc3cc(N(C)C)ccc32)c(Br)c1. The Labute approximate surface area is 163 Å². The standard InChI is InChI=1S/C20H24BrN3O2/c1-13-5-7-17(16(21)11-13)22-20(25)14(2)24-9-10-26-19-12-15(23(3)4)6-8-18(19)24/h5-8,11-12,14H,9-10H2,1-4H3,(H,22,25)/t14-/m0/s1. The molecule has 2 aromatic rings. The van der Waals surface area contributed by atoms with E-state index in [1.54, 1.807) is 0 Å². The van der Waals surface area contributed by atoms with Gasteiger partial charge in [0.2, 0.25) is 5.91 Å². The van der Waals surface area contributed by atoms with Gasteiger partial charge in [0.1, 0.15) is 18.4 Å². The highest BCUT2D eigenvalue weighted by molar-refractivity contribution is 9.10. The van der Waals surface area contributed by atoms with Crippen LogP contribution in [0.3, 0.4) is 0 Å². The van der Waals surface area contributed by atoms with Gasteiger partial charge in [0.05, 0.1) is 17.9 Å². The number of nitrogens with zero attached hydrogens (tertiary/aromatic N) is 2. The molecule has 0 spiro atoms. The van der Waals surface area contributed by atoms with Crippen LogP contribution in [0.25, 0.3) is 0 Å². The molecule has 5 nitrogen and oxygen atoms in total. The number of anilines is 3. The number of nitrogens with one attached hydrogen (secondary N) is 1. The number of ether oxygens (including phenoxy) is 1. The van der Waals surface area contributed by atoms with Crippen molar-refractivity contribution in [3.8, 4) is 5.75 Å². The maximum absolute atomic E-state index is 12.8. The summed E-state index contributed by atoms with van der Waals surface area (Å²) >= 11 is 3.52. The minimum atomic E-state index is -0.309. The van der Waals surface area contributed by atoms with Crippen molar-refractivity contribution in [1.29, 1.82) is 0 Å². The zero-order valence-corrected chi connectivity index (χ0v) is 17.1. The van der Waals surface area contributed by atoms with E-state index in [0.717, 1.165) is 32.8 Å². The van der Waals surface area contributed by atoms with Crippen LogP contribution in [0.5, 0.6) is 5.75 Å². The van der Waals surface area contributed by atoms with E-state index in [1.165, 1.54) is 0 Å². The van der Waals surface area contributed by atoms with E-state index in [1.807, 2.05) is 69.2 Å². The Bertz CT molecular complexity index is 823. The van der Waals surface area contributed by atoms with Gasteiger partial charge in [0.25, 0.3) is 0 Å². The van der Waals surface area contributed by atoms with Crippen LogP contribution in [0.15, 0.2) is 40.9 Å². The van der Waals surface area contributed by atoms with Crippen LogP contribution in [0.4, 0.5) is 17.1 Å². The van der Waals surface area contributed by atoms with Crippen molar-refractivity contribution in [2.24, 2.45) is 0 Å². The minimum Gasteiger partial charge on any atom is -0.489 e. The summed E-state index contributed by atoms with van der Waals surface area (Å²) in [5.74, 6) is 0.776. The number of hydrogen-bond acceptors (Lipinski definition) is 4. The van der Waals surface area contributed by atoms with Gasteiger partial charge < -0.3 is 19.9 Å². The van der Waals surface area contributed by atoms with Crippen molar-refractivity contribution in [1.82, 2.24) is 0 Å². The normalized spacial score (nSPS) is 14.3. The number of benzene rings is 2. The van der Waals surface area contributed by atoms with Gasteiger partial charge in [-0.3, -0.25) is 4.79 Å². The number of fused-ring (bicyclic) bond motifs is 1. The molecule has 0 fully saturated rings. The van der Waals surface area contributed by atoms with Crippen molar-refractivity contribution in [3.63, 3.8) is 0 Å². The van der Waals surface area contributed by atoms with Gasteiger partial charge in [0, 0.05) is 30.3 Å². The molecular formula is C20H24BrN3O2. The number of carbonyl (C=O) groups is 1. The predicted molar refractivity (Wildman–Crippen MR) is 111 cm³/mol. The first kappa shape index (κ1) is 18.6. The summed E-state index contributed by atoms with van der Waals surface area (Å²) in [5.41, 5.74) is 3.95. The monoisotopic (exact) mass is 417 g/mol. The van der Waals surface area contributed by atoms with Gasteiger partial charge in [-0.2, -0.15) is 0 Å². The third kappa shape index (κ3) is 3.80. The number of amides is 1. The van der Waals surface area contributed by atoms with Crippen LogP contribution in [0.2, 0.25) is 0 Å². The lowest BCUT2D eigenvalue weighted by Gasteiger charge is -2.35. The Kier molecular flexibility index (Phi) is 5.41. The molecule has 1 aliphatic heterocycles. The lowest BCUT2D eigenvalue weighted by molar-refractivity contribution is -0.117. The highest BCUT2D eigenvalue weighted by Crippen LogP contribution is 2.36. The smallest absolute Gasteiger partial charge is 0.246 e.